The van der Waals surface area contributed by atoms with Gasteiger partial charge in [0.15, 0.2) is 0 Å². The lowest BCUT2D eigenvalue weighted by Gasteiger charge is -2.09. The van der Waals surface area contributed by atoms with Crippen LogP contribution in [-0.4, -0.2) is 9.97 Å². The van der Waals surface area contributed by atoms with E-state index in [1.54, 1.807) is 24.4 Å². The number of benzene rings is 1. The zero-order valence-corrected chi connectivity index (χ0v) is 9.35. The first-order valence-corrected chi connectivity index (χ1v) is 5.15. The Morgan fingerprint density at radius 2 is 2.18 bits per heavy atom. The number of nitrogens with zero attached hydrogens (tertiary/aromatic N) is 2. The Morgan fingerprint density at radius 1 is 1.35 bits per heavy atom. The second-order valence-electron chi connectivity index (χ2n) is 3.50. The van der Waals surface area contributed by atoms with Crippen molar-refractivity contribution in [3.63, 3.8) is 0 Å². The third-order valence-electron chi connectivity index (χ3n) is 2.25. The molecule has 0 aliphatic rings. The second-order valence-corrected chi connectivity index (χ2v) is 3.50. The van der Waals surface area contributed by atoms with Crippen LogP contribution in [-0.2, 0) is 6.54 Å². The van der Waals surface area contributed by atoms with E-state index >= 15 is 0 Å². The Kier molecular flexibility index (Phi) is 3.30. The first-order valence-electron chi connectivity index (χ1n) is 5.15. The first kappa shape index (κ1) is 11.5. The van der Waals surface area contributed by atoms with E-state index < -0.39 is 5.82 Å². The summed E-state index contributed by atoms with van der Waals surface area (Å²) in [6.45, 7) is 1.89. The lowest BCUT2D eigenvalue weighted by atomic mass is 10.2. The standard InChI is InChI=1S/C12H12FN3O/c1-8-5-6-15-12(16-8)17-11-4-2-3-10(13)9(11)7-14/h2-6H,7,14H2,1H3. The van der Waals surface area contributed by atoms with Gasteiger partial charge in [0.2, 0.25) is 0 Å². The van der Waals surface area contributed by atoms with E-state index in [2.05, 4.69) is 9.97 Å². The molecule has 1 heterocycles. The molecule has 2 rings (SSSR count). The van der Waals surface area contributed by atoms with E-state index in [1.165, 1.54) is 6.07 Å². The lowest BCUT2D eigenvalue weighted by molar-refractivity contribution is 0.429. The summed E-state index contributed by atoms with van der Waals surface area (Å²) in [5, 5.41) is 0. The smallest absolute Gasteiger partial charge is 0.322 e. The quantitative estimate of drug-likeness (QED) is 0.882. The highest BCUT2D eigenvalue weighted by atomic mass is 19.1. The monoisotopic (exact) mass is 233 g/mol. The maximum absolute atomic E-state index is 13.4. The van der Waals surface area contributed by atoms with Gasteiger partial charge < -0.3 is 10.5 Å². The Labute approximate surface area is 98.3 Å². The van der Waals surface area contributed by atoms with E-state index in [-0.39, 0.29) is 12.6 Å². The molecule has 0 bridgehead atoms. The van der Waals surface area contributed by atoms with E-state index in [1.807, 2.05) is 6.92 Å². The van der Waals surface area contributed by atoms with Crippen LogP contribution < -0.4 is 10.5 Å². The maximum atomic E-state index is 13.4. The minimum Gasteiger partial charge on any atom is -0.424 e. The number of hydrogen-bond donors (Lipinski definition) is 1. The molecular formula is C12H12FN3O. The fourth-order valence-corrected chi connectivity index (χ4v) is 1.41. The lowest BCUT2D eigenvalue weighted by Crippen LogP contribution is -2.03. The van der Waals surface area contributed by atoms with Gasteiger partial charge in [-0.15, -0.1) is 0 Å². The number of nitrogens with two attached hydrogens (primary N) is 1. The number of rotatable bonds is 3. The molecule has 0 spiro atoms. The third kappa shape index (κ3) is 2.57. The molecule has 2 N–H and O–H groups in total. The molecule has 0 radical (unpaired) electrons. The fourth-order valence-electron chi connectivity index (χ4n) is 1.41. The highest BCUT2D eigenvalue weighted by Crippen LogP contribution is 2.24. The Balaban J connectivity index is 2.33. The third-order valence-corrected chi connectivity index (χ3v) is 2.25. The number of aryl methyl sites for hydroxylation is 1. The van der Waals surface area contributed by atoms with Crippen LogP contribution in [0.1, 0.15) is 11.3 Å². The van der Waals surface area contributed by atoms with Crippen LogP contribution in [0, 0.1) is 12.7 Å². The highest BCUT2D eigenvalue weighted by Gasteiger charge is 2.09. The minimum atomic E-state index is -0.391. The molecule has 4 nitrogen and oxygen atoms in total. The molecule has 0 atom stereocenters. The maximum Gasteiger partial charge on any atom is 0.322 e. The van der Waals surface area contributed by atoms with Crippen molar-refractivity contribution in [1.29, 1.82) is 0 Å². The number of aromatic nitrogens is 2. The summed E-state index contributed by atoms with van der Waals surface area (Å²) < 4.78 is 18.9. The van der Waals surface area contributed by atoms with Crippen molar-refractivity contribution >= 4 is 0 Å². The van der Waals surface area contributed by atoms with E-state index in [4.69, 9.17) is 10.5 Å². The van der Waals surface area contributed by atoms with Gasteiger partial charge in [-0.3, -0.25) is 0 Å². The molecule has 88 valence electrons. The van der Waals surface area contributed by atoms with Crippen molar-refractivity contribution in [2.75, 3.05) is 0 Å². The van der Waals surface area contributed by atoms with Crippen LogP contribution in [0.5, 0.6) is 11.8 Å². The second kappa shape index (κ2) is 4.88. The summed E-state index contributed by atoms with van der Waals surface area (Å²) in [6, 6.07) is 6.47. The zero-order valence-electron chi connectivity index (χ0n) is 9.35. The van der Waals surface area contributed by atoms with E-state index in [0.29, 0.717) is 11.3 Å². The first-order chi connectivity index (χ1) is 8.20. The molecule has 0 unspecified atom stereocenters. The summed E-state index contributed by atoms with van der Waals surface area (Å²) in [7, 11) is 0. The van der Waals surface area contributed by atoms with Crippen molar-refractivity contribution < 1.29 is 9.13 Å². The van der Waals surface area contributed by atoms with Gasteiger partial charge in [0.25, 0.3) is 0 Å². The number of ether oxygens (including phenoxy) is 1. The van der Waals surface area contributed by atoms with E-state index in [9.17, 15) is 4.39 Å². The van der Waals surface area contributed by atoms with Crippen LogP contribution in [0.4, 0.5) is 4.39 Å². The molecule has 1 aromatic carbocycles. The van der Waals surface area contributed by atoms with Gasteiger partial charge in [0, 0.05) is 24.0 Å². The van der Waals surface area contributed by atoms with Gasteiger partial charge in [0.1, 0.15) is 11.6 Å². The molecule has 0 amide bonds. The molecule has 5 heteroatoms. The summed E-state index contributed by atoms with van der Waals surface area (Å²) in [5.74, 6) is -0.0456. The molecule has 17 heavy (non-hydrogen) atoms. The highest BCUT2D eigenvalue weighted by molar-refractivity contribution is 5.36. The number of halogens is 1. The van der Waals surface area contributed by atoms with Crippen molar-refractivity contribution in [2.45, 2.75) is 13.5 Å². The van der Waals surface area contributed by atoms with Gasteiger partial charge in [-0.25, -0.2) is 14.4 Å². The van der Waals surface area contributed by atoms with Gasteiger partial charge in [0.05, 0.1) is 0 Å². The Bertz CT molecular complexity index is 531. The molecule has 0 saturated heterocycles. The van der Waals surface area contributed by atoms with Crippen LogP contribution in [0.3, 0.4) is 0 Å². The van der Waals surface area contributed by atoms with Crippen LogP contribution in [0.15, 0.2) is 30.5 Å². The van der Waals surface area contributed by atoms with Crippen LogP contribution in [0.25, 0.3) is 0 Å². The molecular weight excluding hydrogens is 221 g/mol. The van der Waals surface area contributed by atoms with E-state index in [0.717, 1.165) is 5.69 Å². The predicted molar refractivity (Wildman–Crippen MR) is 61.1 cm³/mol. The predicted octanol–water partition coefficient (Wildman–Crippen LogP) is 2.18. The Hall–Kier alpha value is -2.01. The van der Waals surface area contributed by atoms with Crippen molar-refractivity contribution in [3.8, 4) is 11.8 Å². The summed E-state index contributed by atoms with van der Waals surface area (Å²) in [5.41, 5.74) is 6.57. The van der Waals surface area contributed by atoms with Crippen LogP contribution in [0.2, 0.25) is 0 Å². The molecule has 0 saturated carbocycles. The molecule has 0 fully saturated rings. The van der Waals surface area contributed by atoms with Gasteiger partial charge in [-0.05, 0) is 25.1 Å². The van der Waals surface area contributed by atoms with Gasteiger partial charge in [-0.2, -0.15) is 0 Å². The topological polar surface area (TPSA) is 61.0 Å². The number of hydrogen-bond acceptors (Lipinski definition) is 4. The summed E-state index contributed by atoms with van der Waals surface area (Å²) in [4.78, 5) is 8.02. The normalized spacial score (nSPS) is 10.3. The van der Waals surface area contributed by atoms with Crippen LogP contribution >= 0.6 is 0 Å². The molecule has 2 aromatic rings. The van der Waals surface area contributed by atoms with Gasteiger partial charge >= 0.3 is 6.01 Å². The summed E-state index contributed by atoms with van der Waals surface area (Å²) in [6.07, 6.45) is 1.58. The minimum absolute atomic E-state index is 0.0633. The summed E-state index contributed by atoms with van der Waals surface area (Å²) >= 11 is 0. The Morgan fingerprint density at radius 3 is 2.88 bits per heavy atom. The van der Waals surface area contributed by atoms with Crippen molar-refractivity contribution in [2.24, 2.45) is 5.73 Å². The largest absolute Gasteiger partial charge is 0.424 e. The average Bonchev–Trinajstić information content (AvgIpc) is 2.29. The van der Waals surface area contributed by atoms with Gasteiger partial charge in [-0.1, -0.05) is 6.07 Å². The van der Waals surface area contributed by atoms with Crippen molar-refractivity contribution in [3.05, 3.63) is 47.5 Å². The average molecular weight is 233 g/mol. The zero-order chi connectivity index (χ0) is 12.3. The molecule has 0 aliphatic heterocycles. The molecule has 0 aliphatic carbocycles. The molecule has 1 aromatic heterocycles. The fraction of sp³-hybridized carbons (Fsp3) is 0.167. The van der Waals surface area contributed by atoms with Crippen molar-refractivity contribution in [1.82, 2.24) is 9.97 Å². The SMILES string of the molecule is Cc1ccnc(Oc2cccc(F)c2CN)n1.